The number of nitrogens with zero attached hydrogens (tertiary/aromatic N) is 3. The van der Waals surface area contributed by atoms with Gasteiger partial charge in [0.15, 0.2) is 4.80 Å². The highest BCUT2D eigenvalue weighted by Gasteiger charge is 2.28. The Bertz CT molecular complexity index is 1310. The highest BCUT2D eigenvalue weighted by molar-refractivity contribution is 14.1. The Morgan fingerprint density at radius 1 is 1.14 bits per heavy atom. The third kappa shape index (κ3) is 2.78. The Kier molecular flexibility index (Phi) is 4.13. The van der Waals surface area contributed by atoms with Crippen LogP contribution in [0.15, 0.2) is 52.3 Å². The van der Waals surface area contributed by atoms with Crippen molar-refractivity contribution in [2.75, 3.05) is 16.9 Å². The second kappa shape index (κ2) is 6.56. The summed E-state index contributed by atoms with van der Waals surface area (Å²) >= 11 is 3.56. The lowest BCUT2D eigenvalue weighted by Crippen LogP contribution is -2.43. The van der Waals surface area contributed by atoms with E-state index in [1.54, 1.807) is 4.57 Å². The molecule has 0 saturated carbocycles. The Hall–Kier alpha value is -2.46. The van der Waals surface area contributed by atoms with E-state index in [4.69, 9.17) is 0 Å². The first-order chi connectivity index (χ1) is 13.5. The first-order valence-electron chi connectivity index (χ1n) is 8.72. The first-order valence-corrected chi connectivity index (χ1v) is 10.6. The van der Waals surface area contributed by atoms with Crippen LogP contribution >= 0.6 is 33.9 Å². The summed E-state index contributed by atoms with van der Waals surface area (Å²) in [4.78, 5) is 33.0. The number of anilines is 2. The summed E-state index contributed by atoms with van der Waals surface area (Å²) in [5, 5.41) is 2.86. The van der Waals surface area contributed by atoms with Gasteiger partial charge in [-0.3, -0.25) is 14.2 Å². The van der Waals surface area contributed by atoms with Crippen molar-refractivity contribution in [2.24, 2.45) is 4.99 Å². The molecule has 28 heavy (non-hydrogen) atoms. The largest absolute Gasteiger partial charge is 0.334 e. The molecule has 0 atom stereocenters. The Morgan fingerprint density at radius 2 is 1.93 bits per heavy atom. The molecule has 3 heterocycles. The minimum Gasteiger partial charge on any atom is -0.334 e. The summed E-state index contributed by atoms with van der Waals surface area (Å²) in [7, 11) is 0. The summed E-state index contributed by atoms with van der Waals surface area (Å²) in [5.74, 6) is -0.230. The number of benzene rings is 2. The summed E-state index contributed by atoms with van der Waals surface area (Å²) in [6.07, 6.45) is 0. The van der Waals surface area contributed by atoms with Crippen molar-refractivity contribution in [3.05, 3.63) is 76.8 Å². The van der Waals surface area contributed by atoms with Gasteiger partial charge in [0.05, 0.1) is 5.57 Å². The molecule has 140 valence electrons. The molecule has 0 aliphatic carbocycles. The number of aryl methyl sites for hydroxylation is 1. The average molecular weight is 502 g/mol. The number of carbonyl (C=O) groups excluding carboxylic acids is 1. The van der Waals surface area contributed by atoms with Crippen LogP contribution in [0.2, 0.25) is 0 Å². The molecule has 0 radical (unpaired) electrons. The minimum atomic E-state index is -0.230. The van der Waals surface area contributed by atoms with Crippen LogP contribution in [0.25, 0.3) is 5.57 Å². The first kappa shape index (κ1) is 17.6. The number of hydrogen-bond donors (Lipinski definition) is 1. The third-order valence-electron chi connectivity index (χ3n) is 4.89. The maximum atomic E-state index is 13.2. The molecule has 1 aromatic heterocycles. The van der Waals surface area contributed by atoms with Crippen LogP contribution < -0.4 is 25.1 Å². The van der Waals surface area contributed by atoms with Crippen LogP contribution in [0.3, 0.4) is 0 Å². The Morgan fingerprint density at radius 3 is 2.71 bits per heavy atom. The normalized spacial score (nSPS) is 17.1. The van der Waals surface area contributed by atoms with Gasteiger partial charge in [-0.2, -0.15) is 0 Å². The lowest BCUT2D eigenvalue weighted by molar-refractivity contribution is -0.110. The van der Waals surface area contributed by atoms with Gasteiger partial charge in [0.2, 0.25) is 0 Å². The van der Waals surface area contributed by atoms with Gasteiger partial charge in [-0.1, -0.05) is 23.0 Å². The second-order valence-corrected chi connectivity index (χ2v) is 9.01. The zero-order valence-corrected chi connectivity index (χ0v) is 17.9. The van der Waals surface area contributed by atoms with E-state index in [0.29, 0.717) is 28.2 Å². The minimum absolute atomic E-state index is 0.168. The lowest BCUT2D eigenvalue weighted by atomic mass is 10.1. The number of hydrogen-bond acceptors (Lipinski definition) is 5. The van der Waals surface area contributed by atoms with E-state index in [1.807, 2.05) is 54.3 Å². The fourth-order valence-corrected chi connectivity index (χ4v) is 4.90. The molecule has 1 N–H and O–H groups in total. The van der Waals surface area contributed by atoms with Crippen molar-refractivity contribution in [3.8, 4) is 0 Å². The Balaban J connectivity index is 1.65. The van der Waals surface area contributed by atoms with Gasteiger partial charge in [-0.25, -0.2) is 4.99 Å². The molecular formula is C20H15IN4O2S. The number of rotatable bonds is 1. The maximum absolute atomic E-state index is 13.2. The third-order valence-corrected chi connectivity index (χ3v) is 6.73. The second-order valence-electron chi connectivity index (χ2n) is 6.78. The molecule has 0 bridgehead atoms. The standard InChI is InChI=1S/C20H15IN4O2S/c1-11-2-7-15-14(8-11)16(18(26)23-15)17-19(27)25-10-24(9-22-20(25)28-17)13-5-3-12(21)4-6-13/h2-8H,9-10H2,1H3,(H,23,26). The van der Waals surface area contributed by atoms with Crippen molar-refractivity contribution in [2.45, 2.75) is 13.6 Å². The van der Waals surface area contributed by atoms with E-state index in [1.165, 1.54) is 11.3 Å². The van der Waals surface area contributed by atoms with Gasteiger partial charge < -0.3 is 10.2 Å². The van der Waals surface area contributed by atoms with Crippen LogP contribution in [0.1, 0.15) is 11.1 Å². The monoisotopic (exact) mass is 502 g/mol. The number of fused-ring (bicyclic) bond motifs is 2. The van der Waals surface area contributed by atoms with Gasteiger partial charge in [0.25, 0.3) is 11.5 Å². The van der Waals surface area contributed by atoms with Gasteiger partial charge in [-0.15, -0.1) is 0 Å². The molecule has 3 aromatic rings. The van der Waals surface area contributed by atoms with E-state index in [2.05, 4.69) is 32.9 Å². The summed E-state index contributed by atoms with van der Waals surface area (Å²) in [6.45, 7) is 2.88. The average Bonchev–Trinajstić information content (AvgIpc) is 3.17. The van der Waals surface area contributed by atoms with Crippen molar-refractivity contribution in [1.29, 1.82) is 0 Å². The topological polar surface area (TPSA) is 66.7 Å². The zero-order valence-electron chi connectivity index (χ0n) is 14.9. The predicted octanol–water partition coefficient (Wildman–Crippen LogP) is 2.03. The molecule has 0 spiro atoms. The molecule has 2 aliphatic rings. The van der Waals surface area contributed by atoms with E-state index >= 15 is 0 Å². The number of halogens is 1. The van der Waals surface area contributed by atoms with E-state index in [0.717, 1.165) is 26.1 Å². The number of carbonyl (C=O) groups is 1. The number of amides is 1. The molecular weight excluding hydrogens is 487 g/mol. The molecule has 6 nitrogen and oxygen atoms in total. The smallest absolute Gasteiger partial charge is 0.272 e. The fraction of sp³-hybridized carbons (Fsp3) is 0.150. The highest BCUT2D eigenvalue weighted by atomic mass is 127. The number of nitrogens with one attached hydrogen (secondary N) is 1. The van der Waals surface area contributed by atoms with Crippen LogP contribution in [0.5, 0.6) is 0 Å². The molecule has 5 rings (SSSR count). The lowest BCUT2D eigenvalue weighted by Gasteiger charge is -2.25. The highest BCUT2D eigenvalue weighted by Crippen LogP contribution is 2.30. The maximum Gasteiger partial charge on any atom is 0.272 e. The molecule has 1 amide bonds. The molecule has 2 aliphatic heterocycles. The summed E-state index contributed by atoms with van der Waals surface area (Å²) in [5.41, 5.74) is 3.88. The number of aromatic nitrogens is 1. The van der Waals surface area contributed by atoms with Gasteiger partial charge in [-0.05, 0) is 65.9 Å². The molecule has 0 unspecified atom stereocenters. The number of thiazole rings is 1. The van der Waals surface area contributed by atoms with Crippen molar-refractivity contribution in [3.63, 3.8) is 0 Å². The quantitative estimate of drug-likeness (QED) is 0.519. The summed E-state index contributed by atoms with van der Waals surface area (Å²) < 4.78 is 3.25. The van der Waals surface area contributed by atoms with Gasteiger partial charge >= 0.3 is 0 Å². The predicted molar refractivity (Wildman–Crippen MR) is 118 cm³/mol. The molecule has 0 saturated heterocycles. The van der Waals surface area contributed by atoms with Crippen molar-refractivity contribution >= 4 is 56.8 Å². The fourth-order valence-electron chi connectivity index (χ4n) is 3.48. The SMILES string of the molecule is Cc1ccc2c(c1)C(=c1sc3n(c1=O)CN(c1ccc(I)cc1)CN=3)C(=O)N2. The summed E-state index contributed by atoms with van der Waals surface area (Å²) in [6, 6.07) is 13.9. The Labute approximate surface area is 178 Å². The van der Waals surface area contributed by atoms with E-state index in [-0.39, 0.29) is 11.5 Å². The van der Waals surface area contributed by atoms with Crippen LogP contribution in [0, 0.1) is 10.5 Å². The molecule has 8 heteroatoms. The van der Waals surface area contributed by atoms with Crippen molar-refractivity contribution < 1.29 is 4.79 Å². The zero-order chi connectivity index (χ0) is 19.4. The van der Waals surface area contributed by atoms with Gasteiger partial charge in [0, 0.05) is 20.5 Å². The van der Waals surface area contributed by atoms with Crippen molar-refractivity contribution in [1.82, 2.24) is 4.57 Å². The molecule has 0 fully saturated rings. The van der Waals surface area contributed by atoms with Crippen LogP contribution in [-0.4, -0.2) is 17.1 Å². The van der Waals surface area contributed by atoms with E-state index < -0.39 is 0 Å². The van der Waals surface area contributed by atoms with Crippen LogP contribution in [0.4, 0.5) is 11.4 Å². The van der Waals surface area contributed by atoms with E-state index in [9.17, 15) is 9.59 Å². The van der Waals surface area contributed by atoms with Crippen LogP contribution in [-0.2, 0) is 11.5 Å². The molecule has 2 aromatic carbocycles. The van der Waals surface area contributed by atoms with Gasteiger partial charge in [0.1, 0.15) is 17.9 Å².